The molecule has 4 aromatic rings. The minimum absolute atomic E-state index is 0.0606. The first-order chi connectivity index (χ1) is 19.6. The molecule has 1 aliphatic heterocycles. The monoisotopic (exact) mass is 560 g/mol. The minimum Gasteiger partial charge on any atom is -0.443 e. The number of nitro groups is 1. The molecule has 12 heteroatoms. The summed E-state index contributed by atoms with van der Waals surface area (Å²) in [6, 6.07) is 13.8. The first-order valence-corrected chi connectivity index (χ1v) is 13.2. The van der Waals surface area contributed by atoms with Crippen LogP contribution in [0, 0.1) is 15.5 Å². The van der Waals surface area contributed by atoms with E-state index in [-0.39, 0.29) is 30.0 Å². The average Bonchev–Trinajstić information content (AvgIpc) is 3.58. The second kappa shape index (κ2) is 11.4. The fourth-order valence-corrected chi connectivity index (χ4v) is 4.43. The molecule has 2 aromatic carbocycles. The number of aromatic nitrogens is 3. The van der Waals surface area contributed by atoms with Crippen LogP contribution in [-0.4, -0.2) is 52.2 Å². The van der Waals surface area contributed by atoms with E-state index < -0.39 is 10.3 Å². The Bertz CT molecular complexity index is 1590. The van der Waals surface area contributed by atoms with Gasteiger partial charge in [-0.1, -0.05) is 6.07 Å². The number of nitrogens with one attached hydrogen (secondary N) is 1. The Morgan fingerprint density at radius 3 is 2.76 bits per heavy atom. The van der Waals surface area contributed by atoms with Gasteiger partial charge in [0.15, 0.2) is 12.4 Å². The van der Waals surface area contributed by atoms with E-state index in [9.17, 15) is 14.9 Å². The van der Waals surface area contributed by atoms with Crippen LogP contribution in [0.25, 0.3) is 11.0 Å². The number of carbonyl (C=O) groups excluding carboxylic acids is 1. The van der Waals surface area contributed by atoms with E-state index in [0.717, 1.165) is 24.3 Å². The van der Waals surface area contributed by atoms with Crippen molar-refractivity contribution in [3.05, 3.63) is 70.4 Å². The zero-order valence-corrected chi connectivity index (χ0v) is 23.4. The third-order valence-corrected chi connectivity index (χ3v) is 6.63. The fraction of sp³-hybridized carbons (Fsp3) is 0.345. The highest BCUT2D eigenvalue weighted by Gasteiger charge is 2.25. The number of esters is 1. The predicted molar refractivity (Wildman–Crippen MR) is 154 cm³/mol. The third-order valence-electron chi connectivity index (χ3n) is 6.63. The number of nitro benzene ring substituents is 1. The van der Waals surface area contributed by atoms with Crippen molar-refractivity contribution in [1.82, 2.24) is 14.5 Å². The largest absolute Gasteiger partial charge is 0.443 e. The first kappa shape index (κ1) is 27.8. The summed E-state index contributed by atoms with van der Waals surface area (Å²) in [7, 11) is 1.63. The number of hydrogen-bond acceptors (Lipinski definition) is 10. The van der Waals surface area contributed by atoms with Crippen LogP contribution in [-0.2, 0) is 27.4 Å². The number of carbonyl (C=O) groups is 1. The van der Waals surface area contributed by atoms with Crippen LogP contribution in [0.3, 0.4) is 0 Å². The summed E-state index contributed by atoms with van der Waals surface area (Å²) in [5.41, 5.74) is 2.87. The molecule has 0 aliphatic carbocycles. The van der Waals surface area contributed by atoms with E-state index in [0.29, 0.717) is 30.1 Å². The molecule has 41 heavy (non-hydrogen) atoms. The molecule has 1 aliphatic rings. The summed E-state index contributed by atoms with van der Waals surface area (Å²) in [6.07, 6.45) is 2.64. The standard InChI is InChI=1S/C29H32N6O6/c1-29(2,3)27(36)40-18-33-13-11-23-25(33)31-28(32-26(23)41-22-7-5-6-21(17-22)35(37)38)34(14-15-39-4)20-8-9-24-19(16-20)10-12-30-24/h5-9,11,13,16-17,30H,10,12,14-15,18H2,1-4H3. The van der Waals surface area contributed by atoms with E-state index in [1.807, 2.05) is 17.0 Å². The zero-order chi connectivity index (χ0) is 29.1. The van der Waals surface area contributed by atoms with Gasteiger partial charge in [-0.2, -0.15) is 9.97 Å². The molecule has 0 bridgehead atoms. The first-order valence-electron chi connectivity index (χ1n) is 13.2. The van der Waals surface area contributed by atoms with E-state index in [1.54, 1.807) is 56.8 Å². The zero-order valence-electron chi connectivity index (χ0n) is 23.4. The van der Waals surface area contributed by atoms with Crippen LogP contribution in [0.15, 0.2) is 54.7 Å². The van der Waals surface area contributed by atoms with E-state index in [2.05, 4.69) is 11.4 Å². The number of ether oxygens (including phenoxy) is 3. The number of benzene rings is 2. The summed E-state index contributed by atoms with van der Waals surface area (Å²) < 4.78 is 18.8. The molecule has 2 aromatic heterocycles. The minimum atomic E-state index is -0.668. The van der Waals surface area contributed by atoms with Gasteiger partial charge in [0.25, 0.3) is 5.69 Å². The lowest BCUT2D eigenvalue weighted by Crippen LogP contribution is -2.25. The SMILES string of the molecule is COCCN(c1ccc2c(c1)CCN2)c1nc(Oc2cccc([N+](=O)[O-])c2)c2ccn(COC(=O)C(C)(C)C)c2n1. The molecule has 0 amide bonds. The number of rotatable bonds is 10. The Balaban J connectivity index is 1.60. The topological polar surface area (TPSA) is 134 Å². The molecule has 0 unspecified atom stereocenters. The van der Waals surface area contributed by atoms with E-state index >= 15 is 0 Å². The summed E-state index contributed by atoms with van der Waals surface area (Å²) >= 11 is 0. The quantitative estimate of drug-likeness (QED) is 0.152. The Morgan fingerprint density at radius 2 is 2.00 bits per heavy atom. The Labute approximate surface area is 237 Å². The van der Waals surface area contributed by atoms with Gasteiger partial charge in [-0.3, -0.25) is 19.5 Å². The van der Waals surface area contributed by atoms with Gasteiger partial charge < -0.3 is 24.4 Å². The van der Waals surface area contributed by atoms with Gasteiger partial charge in [0.05, 0.1) is 28.4 Å². The summed E-state index contributed by atoms with van der Waals surface area (Å²) in [6.45, 7) is 7.03. The molecule has 5 rings (SSSR count). The summed E-state index contributed by atoms with van der Waals surface area (Å²) in [5.74, 6) is 0.443. The van der Waals surface area contributed by atoms with Crippen molar-refractivity contribution in [2.75, 3.05) is 37.0 Å². The van der Waals surface area contributed by atoms with Crippen molar-refractivity contribution in [2.45, 2.75) is 33.9 Å². The molecule has 0 saturated heterocycles. The molecule has 0 fully saturated rings. The van der Waals surface area contributed by atoms with Gasteiger partial charge in [-0.25, -0.2) is 0 Å². The summed E-state index contributed by atoms with van der Waals surface area (Å²) in [4.78, 5) is 34.9. The van der Waals surface area contributed by atoms with Crippen LogP contribution in [0.5, 0.6) is 11.6 Å². The van der Waals surface area contributed by atoms with Crippen LogP contribution in [0.4, 0.5) is 23.0 Å². The maximum atomic E-state index is 12.5. The molecule has 0 radical (unpaired) electrons. The van der Waals surface area contributed by atoms with Gasteiger partial charge in [-0.15, -0.1) is 0 Å². The highest BCUT2D eigenvalue weighted by molar-refractivity contribution is 5.84. The number of hydrogen-bond donors (Lipinski definition) is 1. The summed E-state index contributed by atoms with van der Waals surface area (Å²) in [5, 5.41) is 15.3. The van der Waals surface area contributed by atoms with Gasteiger partial charge in [-0.05, 0) is 63.1 Å². The average molecular weight is 561 g/mol. The maximum absolute atomic E-state index is 12.5. The molecule has 3 heterocycles. The lowest BCUT2D eigenvalue weighted by Gasteiger charge is -2.24. The van der Waals surface area contributed by atoms with Gasteiger partial charge >= 0.3 is 5.97 Å². The Morgan fingerprint density at radius 1 is 1.17 bits per heavy atom. The third kappa shape index (κ3) is 6.07. The van der Waals surface area contributed by atoms with E-state index in [4.69, 9.17) is 24.2 Å². The van der Waals surface area contributed by atoms with Crippen LogP contribution in [0.1, 0.15) is 26.3 Å². The van der Waals surface area contributed by atoms with Crippen molar-refractivity contribution in [1.29, 1.82) is 0 Å². The van der Waals surface area contributed by atoms with Gasteiger partial charge in [0.2, 0.25) is 11.8 Å². The molecular formula is C29H32N6O6. The molecule has 214 valence electrons. The lowest BCUT2D eigenvalue weighted by molar-refractivity contribution is -0.384. The number of anilines is 3. The van der Waals surface area contributed by atoms with Crippen LogP contribution in [0.2, 0.25) is 0 Å². The number of non-ortho nitro benzene ring substituents is 1. The molecular weight excluding hydrogens is 528 g/mol. The van der Waals surface area contributed by atoms with E-state index in [1.165, 1.54) is 17.7 Å². The number of methoxy groups -OCH3 is 1. The molecule has 1 N–H and O–H groups in total. The molecule has 0 atom stereocenters. The molecule has 12 nitrogen and oxygen atoms in total. The number of fused-ring (bicyclic) bond motifs is 2. The maximum Gasteiger partial charge on any atom is 0.312 e. The fourth-order valence-electron chi connectivity index (χ4n) is 4.43. The Kier molecular flexibility index (Phi) is 7.75. The highest BCUT2D eigenvalue weighted by atomic mass is 16.6. The lowest BCUT2D eigenvalue weighted by atomic mass is 9.98. The van der Waals surface area contributed by atoms with Crippen molar-refractivity contribution in [3.63, 3.8) is 0 Å². The van der Waals surface area contributed by atoms with Gasteiger partial charge in [0.1, 0.15) is 5.75 Å². The van der Waals surface area contributed by atoms with Crippen LogP contribution >= 0.6 is 0 Å². The second-order valence-electron chi connectivity index (χ2n) is 10.7. The normalized spacial score (nSPS) is 12.6. The van der Waals surface area contributed by atoms with Gasteiger partial charge in [0, 0.05) is 43.8 Å². The van der Waals surface area contributed by atoms with Crippen molar-refractivity contribution >= 4 is 40.0 Å². The Hall–Kier alpha value is -4.71. The van der Waals surface area contributed by atoms with Crippen molar-refractivity contribution in [2.24, 2.45) is 5.41 Å². The van der Waals surface area contributed by atoms with Crippen molar-refractivity contribution < 1.29 is 23.9 Å². The van der Waals surface area contributed by atoms with Crippen LogP contribution < -0.4 is 15.0 Å². The molecule has 0 spiro atoms. The van der Waals surface area contributed by atoms with Crippen molar-refractivity contribution in [3.8, 4) is 11.6 Å². The second-order valence-corrected chi connectivity index (χ2v) is 10.7. The predicted octanol–water partition coefficient (Wildman–Crippen LogP) is 5.43. The molecule has 0 saturated carbocycles. The number of nitrogens with zero attached hydrogens (tertiary/aromatic N) is 5. The highest BCUT2D eigenvalue weighted by Crippen LogP contribution is 2.35. The smallest absolute Gasteiger partial charge is 0.312 e.